The molecule has 0 aromatic rings. The number of hydrogen-bond donors (Lipinski definition) is 1. The zero-order valence-corrected chi connectivity index (χ0v) is 13.8. The summed E-state index contributed by atoms with van der Waals surface area (Å²) < 4.78 is 0. The van der Waals surface area contributed by atoms with Crippen LogP contribution in [-0.4, -0.2) is 13.1 Å². The standard InChI is InChI=1S/C17H37N/c1-7-9-10-16(8-2)14-18-12-11-15(3)13-17(4,5)6/h15-16,18H,7-14H2,1-6H3. The molecule has 2 atom stereocenters. The second-order valence-corrected chi connectivity index (χ2v) is 7.28. The van der Waals surface area contributed by atoms with E-state index in [1.165, 1.54) is 51.6 Å². The zero-order valence-electron chi connectivity index (χ0n) is 13.8. The molecule has 0 amide bonds. The highest BCUT2D eigenvalue weighted by Crippen LogP contribution is 2.25. The molecule has 0 aliphatic rings. The first-order chi connectivity index (χ1) is 8.39. The second-order valence-electron chi connectivity index (χ2n) is 7.28. The van der Waals surface area contributed by atoms with Gasteiger partial charge in [-0.1, -0.05) is 60.8 Å². The van der Waals surface area contributed by atoms with Crippen molar-refractivity contribution in [3.05, 3.63) is 0 Å². The molecule has 0 heterocycles. The summed E-state index contributed by atoms with van der Waals surface area (Å²) in [7, 11) is 0. The SMILES string of the molecule is CCCCC(CC)CNCCC(C)CC(C)(C)C. The number of nitrogens with one attached hydrogen (secondary N) is 1. The van der Waals surface area contributed by atoms with Crippen LogP contribution in [0.4, 0.5) is 0 Å². The van der Waals surface area contributed by atoms with E-state index in [0.717, 1.165) is 11.8 Å². The Morgan fingerprint density at radius 3 is 2.22 bits per heavy atom. The van der Waals surface area contributed by atoms with Gasteiger partial charge in [0.15, 0.2) is 0 Å². The minimum Gasteiger partial charge on any atom is -0.316 e. The Balaban J connectivity index is 3.58. The Bertz CT molecular complexity index is 181. The minimum absolute atomic E-state index is 0.479. The topological polar surface area (TPSA) is 12.0 Å². The van der Waals surface area contributed by atoms with Crippen LogP contribution in [0.2, 0.25) is 0 Å². The van der Waals surface area contributed by atoms with Crippen LogP contribution in [0.3, 0.4) is 0 Å². The lowest BCUT2D eigenvalue weighted by molar-refractivity contribution is 0.292. The monoisotopic (exact) mass is 255 g/mol. The van der Waals surface area contributed by atoms with Crippen molar-refractivity contribution >= 4 is 0 Å². The molecule has 0 aliphatic heterocycles. The van der Waals surface area contributed by atoms with Gasteiger partial charge in [-0.25, -0.2) is 0 Å². The molecule has 0 rings (SSSR count). The first-order valence-electron chi connectivity index (χ1n) is 8.09. The van der Waals surface area contributed by atoms with E-state index in [9.17, 15) is 0 Å². The molecule has 0 radical (unpaired) electrons. The van der Waals surface area contributed by atoms with Crippen LogP contribution in [0.1, 0.15) is 80.1 Å². The van der Waals surface area contributed by atoms with Gasteiger partial charge < -0.3 is 5.32 Å². The largest absolute Gasteiger partial charge is 0.316 e. The van der Waals surface area contributed by atoms with Gasteiger partial charge >= 0.3 is 0 Å². The van der Waals surface area contributed by atoms with Gasteiger partial charge in [-0.15, -0.1) is 0 Å². The first kappa shape index (κ1) is 18.0. The molecule has 0 saturated carbocycles. The summed E-state index contributed by atoms with van der Waals surface area (Å²) in [5.41, 5.74) is 0.479. The van der Waals surface area contributed by atoms with Crippen LogP contribution in [0.5, 0.6) is 0 Å². The average Bonchev–Trinajstić information content (AvgIpc) is 2.26. The van der Waals surface area contributed by atoms with E-state index in [4.69, 9.17) is 0 Å². The van der Waals surface area contributed by atoms with Crippen LogP contribution in [0.25, 0.3) is 0 Å². The van der Waals surface area contributed by atoms with Gasteiger partial charge in [0.2, 0.25) is 0 Å². The van der Waals surface area contributed by atoms with Gasteiger partial charge in [0.25, 0.3) is 0 Å². The number of unbranched alkanes of at least 4 members (excludes halogenated alkanes) is 1. The molecule has 0 aromatic heterocycles. The average molecular weight is 255 g/mol. The highest BCUT2D eigenvalue weighted by molar-refractivity contribution is 4.68. The predicted molar refractivity (Wildman–Crippen MR) is 84.0 cm³/mol. The lowest BCUT2D eigenvalue weighted by Gasteiger charge is -2.23. The van der Waals surface area contributed by atoms with Gasteiger partial charge in [0.1, 0.15) is 0 Å². The molecule has 0 aliphatic carbocycles. The van der Waals surface area contributed by atoms with Crippen molar-refractivity contribution in [3.8, 4) is 0 Å². The van der Waals surface area contributed by atoms with E-state index in [1.54, 1.807) is 0 Å². The third kappa shape index (κ3) is 11.1. The van der Waals surface area contributed by atoms with Crippen molar-refractivity contribution in [2.75, 3.05) is 13.1 Å². The second kappa shape index (κ2) is 9.83. The predicted octanol–water partition coefficient (Wildman–Crippen LogP) is 5.25. The Labute approximate surface area is 116 Å². The molecule has 0 aromatic carbocycles. The summed E-state index contributed by atoms with van der Waals surface area (Å²) >= 11 is 0. The fourth-order valence-corrected chi connectivity index (χ4v) is 2.75. The Hall–Kier alpha value is -0.0400. The third-order valence-corrected chi connectivity index (χ3v) is 3.75. The van der Waals surface area contributed by atoms with E-state index in [-0.39, 0.29) is 0 Å². The van der Waals surface area contributed by atoms with E-state index < -0.39 is 0 Å². The molecule has 18 heavy (non-hydrogen) atoms. The summed E-state index contributed by atoms with van der Waals surface area (Å²) in [4.78, 5) is 0. The minimum atomic E-state index is 0.479. The van der Waals surface area contributed by atoms with Crippen molar-refractivity contribution < 1.29 is 0 Å². The summed E-state index contributed by atoms with van der Waals surface area (Å²) in [6.45, 7) is 16.4. The Morgan fingerprint density at radius 1 is 1.06 bits per heavy atom. The van der Waals surface area contributed by atoms with Gasteiger partial charge in [-0.2, -0.15) is 0 Å². The number of rotatable bonds is 10. The van der Waals surface area contributed by atoms with E-state index in [1.807, 2.05) is 0 Å². The lowest BCUT2D eigenvalue weighted by atomic mass is 9.84. The normalized spacial score (nSPS) is 15.7. The lowest BCUT2D eigenvalue weighted by Crippen LogP contribution is -2.25. The molecule has 1 nitrogen and oxygen atoms in total. The quantitative estimate of drug-likeness (QED) is 0.525. The maximum absolute atomic E-state index is 3.66. The molecule has 0 fully saturated rings. The molecule has 1 heteroatoms. The summed E-state index contributed by atoms with van der Waals surface area (Å²) in [6, 6.07) is 0. The van der Waals surface area contributed by atoms with Gasteiger partial charge in [0, 0.05) is 0 Å². The van der Waals surface area contributed by atoms with Gasteiger partial charge in [0.05, 0.1) is 0 Å². The third-order valence-electron chi connectivity index (χ3n) is 3.75. The smallest absolute Gasteiger partial charge is 0.00206 e. The van der Waals surface area contributed by atoms with Crippen LogP contribution >= 0.6 is 0 Å². The molecule has 0 spiro atoms. The fraction of sp³-hybridized carbons (Fsp3) is 1.00. The maximum atomic E-state index is 3.66. The van der Waals surface area contributed by atoms with Crippen molar-refractivity contribution in [1.29, 1.82) is 0 Å². The molecule has 110 valence electrons. The van der Waals surface area contributed by atoms with Crippen LogP contribution < -0.4 is 5.32 Å². The van der Waals surface area contributed by atoms with Crippen molar-refractivity contribution in [1.82, 2.24) is 5.32 Å². The summed E-state index contributed by atoms with van der Waals surface area (Å²) in [6.07, 6.45) is 8.10. The molecule has 0 saturated heterocycles. The molecule has 2 unspecified atom stereocenters. The first-order valence-corrected chi connectivity index (χ1v) is 8.09. The van der Waals surface area contributed by atoms with Crippen LogP contribution in [0.15, 0.2) is 0 Å². The van der Waals surface area contributed by atoms with Crippen molar-refractivity contribution in [2.45, 2.75) is 80.1 Å². The Kier molecular flexibility index (Phi) is 9.81. The van der Waals surface area contributed by atoms with Gasteiger partial charge in [-0.3, -0.25) is 0 Å². The summed E-state index contributed by atoms with van der Waals surface area (Å²) in [5, 5.41) is 3.66. The molecule has 1 N–H and O–H groups in total. The highest BCUT2D eigenvalue weighted by atomic mass is 14.9. The van der Waals surface area contributed by atoms with E-state index in [2.05, 4.69) is 46.9 Å². The number of hydrogen-bond acceptors (Lipinski definition) is 1. The maximum Gasteiger partial charge on any atom is -0.00206 e. The van der Waals surface area contributed by atoms with Crippen molar-refractivity contribution in [3.63, 3.8) is 0 Å². The van der Waals surface area contributed by atoms with E-state index >= 15 is 0 Å². The fourth-order valence-electron chi connectivity index (χ4n) is 2.75. The molecule has 0 bridgehead atoms. The van der Waals surface area contributed by atoms with Crippen molar-refractivity contribution in [2.24, 2.45) is 17.3 Å². The highest BCUT2D eigenvalue weighted by Gasteiger charge is 2.14. The summed E-state index contributed by atoms with van der Waals surface area (Å²) in [5.74, 6) is 1.73. The van der Waals surface area contributed by atoms with Gasteiger partial charge in [-0.05, 0) is 49.6 Å². The molecular weight excluding hydrogens is 218 g/mol. The molecular formula is C17H37N. The van der Waals surface area contributed by atoms with E-state index in [0.29, 0.717) is 5.41 Å². The zero-order chi connectivity index (χ0) is 14.0. The Morgan fingerprint density at radius 2 is 1.72 bits per heavy atom. The van der Waals surface area contributed by atoms with Crippen LogP contribution in [-0.2, 0) is 0 Å². The van der Waals surface area contributed by atoms with Crippen LogP contribution in [0, 0.1) is 17.3 Å².